The zero-order valence-electron chi connectivity index (χ0n) is 7.36. The molecule has 0 bridgehead atoms. The molecule has 0 N–H and O–H groups in total. The van der Waals surface area contributed by atoms with Crippen molar-refractivity contribution >= 4 is 11.8 Å². The van der Waals surface area contributed by atoms with E-state index >= 15 is 0 Å². The Bertz CT molecular complexity index is 291. The fourth-order valence-corrected chi connectivity index (χ4v) is 1.22. The molecule has 0 radical (unpaired) electrons. The normalized spacial score (nSPS) is 9.23. The van der Waals surface area contributed by atoms with Crippen LogP contribution in [-0.2, 0) is 0 Å². The van der Waals surface area contributed by atoms with Gasteiger partial charge in [-0.2, -0.15) is 0 Å². The molecule has 1 aromatic heterocycles. The van der Waals surface area contributed by atoms with E-state index in [0.29, 0.717) is 5.75 Å². The van der Waals surface area contributed by atoms with Crippen molar-refractivity contribution in [3.8, 4) is 18.1 Å². The molecule has 68 valence electrons. The van der Waals surface area contributed by atoms with Crippen LogP contribution in [0.3, 0.4) is 0 Å². The van der Waals surface area contributed by atoms with Gasteiger partial charge in [-0.1, -0.05) is 24.6 Å². The Balaban J connectivity index is 2.54. The van der Waals surface area contributed by atoms with Crippen LogP contribution in [-0.4, -0.2) is 22.3 Å². The Morgan fingerprint density at radius 1 is 1.54 bits per heavy atom. The van der Waals surface area contributed by atoms with E-state index in [4.69, 9.17) is 11.2 Å². The minimum Gasteiger partial charge on any atom is -0.478 e. The van der Waals surface area contributed by atoms with E-state index in [1.165, 1.54) is 0 Å². The van der Waals surface area contributed by atoms with E-state index in [0.717, 1.165) is 10.9 Å². The van der Waals surface area contributed by atoms with Crippen LogP contribution in [0.15, 0.2) is 17.6 Å². The molecule has 0 fully saturated rings. The zero-order chi connectivity index (χ0) is 9.52. The first-order valence-electron chi connectivity index (χ1n) is 3.88. The predicted octanol–water partition coefficient (Wildman–Crippen LogP) is 1.60. The van der Waals surface area contributed by atoms with Gasteiger partial charge in [-0.05, 0) is 5.75 Å². The number of rotatable bonds is 4. The van der Waals surface area contributed by atoms with Gasteiger partial charge in [0.25, 0.3) is 0 Å². The third-order valence-corrected chi connectivity index (χ3v) is 1.96. The van der Waals surface area contributed by atoms with Crippen molar-refractivity contribution in [3.63, 3.8) is 0 Å². The molecule has 3 nitrogen and oxygen atoms in total. The fraction of sp³-hybridized carbons (Fsp3) is 0.333. The summed E-state index contributed by atoms with van der Waals surface area (Å²) < 4.78 is 5.12. The fourth-order valence-electron chi connectivity index (χ4n) is 0.708. The molecule has 0 saturated heterocycles. The molecule has 0 unspecified atom stereocenters. The van der Waals surface area contributed by atoms with Gasteiger partial charge in [0.1, 0.15) is 6.61 Å². The maximum absolute atomic E-state index is 5.12. The minimum atomic E-state index is 0.254. The summed E-state index contributed by atoms with van der Waals surface area (Å²) in [7, 11) is 0. The lowest BCUT2D eigenvalue weighted by molar-refractivity contribution is 0.366. The molecule has 1 aromatic rings. The largest absolute Gasteiger partial charge is 0.478 e. The molecule has 0 aliphatic rings. The van der Waals surface area contributed by atoms with Gasteiger partial charge in [0.2, 0.25) is 0 Å². The summed E-state index contributed by atoms with van der Waals surface area (Å²) >= 11 is 1.59. The summed E-state index contributed by atoms with van der Waals surface area (Å²) in [6, 6.07) is 0. The van der Waals surface area contributed by atoms with Crippen LogP contribution in [0.2, 0.25) is 0 Å². The molecule has 0 amide bonds. The van der Waals surface area contributed by atoms with Crippen molar-refractivity contribution in [2.45, 2.75) is 12.1 Å². The predicted molar refractivity (Wildman–Crippen MR) is 52.8 cm³/mol. The molecule has 0 atom stereocenters. The van der Waals surface area contributed by atoms with E-state index in [1.54, 1.807) is 24.2 Å². The highest BCUT2D eigenvalue weighted by atomic mass is 32.2. The second kappa shape index (κ2) is 5.44. The summed E-state index contributed by atoms with van der Waals surface area (Å²) in [5.41, 5.74) is 0. The number of hydrogen-bond acceptors (Lipinski definition) is 4. The van der Waals surface area contributed by atoms with Crippen molar-refractivity contribution in [1.82, 2.24) is 9.97 Å². The average Bonchev–Trinajstić information content (AvgIpc) is 2.17. The topological polar surface area (TPSA) is 35.0 Å². The van der Waals surface area contributed by atoms with Crippen molar-refractivity contribution in [2.75, 3.05) is 12.4 Å². The van der Waals surface area contributed by atoms with Crippen molar-refractivity contribution in [1.29, 1.82) is 0 Å². The molecule has 0 aliphatic heterocycles. The van der Waals surface area contributed by atoms with E-state index < -0.39 is 0 Å². The second-order valence-electron chi connectivity index (χ2n) is 2.13. The maximum atomic E-state index is 5.12. The molecular weight excluding hydrogens is 184 g/mol. The first-order valence-corrected chi connectivity index (χ1v) is 4.86. The molecule has 4 heteroatoms. The zero-order valence-corrected chi connectivity index (χ0v) is 8.17. The molecule has 1 heterocycles. The van der Waals surface area contributed by atoms with E-state index in [1.807, 2.05) is 0 Å². The Morgan fingerprint density at radius 2 is 2.23 bits per heavy atom. The van der Waals surface area contributed by atoms with Gasteiger partial charge in [-0.15, -0.1) is 6.42 Å². The van der Waals surface area contributed by atoms with Crippen LogP contribution in [0, 0.1) is 12.3 Å². The molecule has 13 heavy (non-hydrogen) atoms. The second-order valence-corrected chi connectivity index (χ2v) is 3.36. The highest BCUT2D eigenvalue weighted by Gasteiger charge is 1.96. The number of aromatic nitrogens is 2. The van der Waals surface area contributed by atoms with Crippen molar-refractivity contribution in [3.05, 3.63) is 12.4 Å². The van der Waals surface area contributed by atoms with Gasteiger partial charge in [0, 0.05) is 0 Å². The lowest BCUT2D eigenvalue weighted by Crippen LogP contribution is -1.95. The van der Waals surface area contributed by atoms with Crippen molar-refractivity contribution < 1.29 is 4.74 Å². The smallest absolute Gasteiger partial charge is 0.187 e. The highest BCUT2D eigenvalue weighted by Crippen LogP contribution is 2.13. The van der Waals surface area contributed by atoms with E-state index in [-0.39, 0.29) is 6.61 Å². The van der Waals surface area contributed by atoms with Crippen LogP contribution in [0.5, 0.6) is 5.75 Å². The lowest BCUT2D eigenvalue weighted by Gasteiger charge is -2.01. The minimum absolute atomic E-state index is 0.254. The molecule has 0 aliphatic carbocycles. The lowest BCUT2D eigenvalue weighted by atomic mass is 10.6. The van der Waals surface area contributed by atoms with Crippen LogP contribution in [0.1, 0.15) is 6.92 Å². The summed E-state index contributed by atoms with van der Waals surface area (Å²) in [4.78, 5) is 8.16. The van der Waals surface area contributed by atoms with Gasteiger partial charge in [0.15, 0.2) is 10.9 Å². The monoisotopic (exact) mass is 194 g/mol. The van der Waals surface area contributed by atoms with Gasteiger partial charge in [-0.3, -0.25) is 0 Å². The highest BCUT2D eigenvalue weighted by molar-refractivity contribution is 7.99. The van der Waals surface area contributed by atoms with Crippen LogP contribution < -0.4 is 4.74 Å². The van der Waals surface area contributed by atoms with Crippen LogP contribution in [0.25, 0.3) is 0 Å². The quantitative estimate of drug-likeness (QED) is 0.414. The van der Waals surface area contributed by atoms with E-state index in [9.17, 15) is 0 Å². The Morgan fingerprint density at radius 3 is 2.77 bits per heavy atom. The maximum Gasteiger partial charge on any atom is 0.187 e. The third-order valence-electron chi connectivity index (χ3n) is 1.20. The number of ether oxygens (including phenoxy) is 1. The summed E-state index contributed by atoms with van der Waals surface area (Å²) in [5.74, 6) is 3.95. The van der Waals surface area contributed by atoms with Crippen molar-refractivity contribution in [2.24, 2.45) is 0 Å². The third kappa shape index (κ3) is 3.34. The molecular formula is C9H10N2OS. The number of terminal acetylenes is 1. The van der Waals surface area contributed by atoms with E-state index in [2.05, 4.69) is 22.8 Å². The molecule has 0 aromatic carbocycles. The first-order chi connectivity index (χ1) is 6.36. The van der Waals surface area contributed by atoms with Gasteiger partial charge in [0.05, 0.1) is 12.4 Å². The number of thioether (sulfide) groups is 1. The summed E-state index contributed by atoms with van der Waals surface area (Å²) in [5, 5.41) is 0.760. The Labute approximate surface area is 81.9 Å². The van der Waals surface area contributed by atoms with Crippen LogP contribution in [0.4, 0.5) is 0 Å². The summed E-state index contributed by atoms with van der Waals surface area (Å²) in [6.07, 6.45) is 8.29. The molecule has 1 rings (SSSR count). The van der Waals surface area contributed by atoms with Gasteiger partial charge < -0.3 is 4.74 Å². The Kier molecular flexibility index (Phi) is 4.13. The standard InChI is InChI=1S/C9H10N2OS/c1-3-5-12-8-6-10-9(11-7-8)13-4-2/h1,6-7H,4-5H2,2H3. The SMILES string of the molecule is C#CCOc1cnc(SCC)nc1. The first kappa shape index (κ1) is 9.87. The molecule has 0 saturated carbocycles. The molecule has 0 spiro atoms. The summed E-state index contributed by atoms with van der Waals surface area (Å²) in [6.45, 7) is 2.31. The Hall–Kier alpha value is -1.21. The van der Waals surface area contributed by atoms with Crippen LogP contribution >= 0.6 is 11.8 Å². The number of nitrogens with zero attached hydrogens (tertiary/aromatic N) is 2. The van der Waals surface area contributed by atoms with Gasteiger partial charge in [-0.25, -0.2) is 9.97 Å². The number of hydrogen-bond donors (Lipinski definition) is 0. The van der Waals surface area contributed by atoms with Gasteiger partial charge >= 0.3 is 0 Å². The average molecular weight is 194 g/mol.